The molecule has 1 N–H and O–H groups in total. The van der Waals surface area contributed by atoms with Crippen molar-refractivity contribution in [2.75, 3.05) is 13.1 Å². The first-order valence-corrected chi connectivity index (χ1v) is 7.49. The molecule has 2 aromatic rings. The van der Waals surface area contributed by atoms with Crippen molar-refractivity contribution in [2.45, 2.75) is 19.8 Å². The SMILES string of the molecule is CC1(C(=O)O)CCN(C(=O)Cc2coc(-c3ccccc3)n2)C1. The maximum absolute atomic E-state index is 12.3. The van der Waals surface area contributed by atoms with Gasteiger partial charge in [0.1, 0.15) is 6.26 Å². The lowest BCUT2D eigenvalue weighted by atomic mass is 9.90. The molecule has 6 nitrogen and oxygen atoms in total. The Labute approximate surface area is 133 Å². The van der Waals surface area contributed by atoms with Crippen molar-refractivity contribution in [3.8, 4) is 11.5 Å². The first kappa shape index (κ1) is 15.3. The summed E-state index contributed by atoms with van der Waals surface area (Å²) in [5.74, 6) is -0.506. The lowest BCUT2D eigenvalue weighted by Crippen LogP contribution is -2.35. The Morgan fingerprint density at radius 3 is 2.74 bits per heavy atom. The number of likely N-dealkylation sites (tertiary alicyclic amines) is 1. The number of carbonyl (C=O) groups excluding carboxylic acids is 1. The Bertz CT molecular complexity index is 725. The van der Waals surface area contributed by atoms with E-state index in [4.69, 9.17) is 4.42 Å². The van der Waals surface area contributed by atoms with Gasteiger partial charge in [0.15, 0.2) is 0 Å². The van der Waals surface area contributed by atoms with E-state index >= 15 is 0 Å². The van der Waals surface area contributed by atoms with Crippen LogP contribution in [0.4, 0.5) is 0 Å². The highest BCUT2D eigenvalue weighted by Gasteiger charge is 2.42. The number of aromatic nitrogens is 1. The topological polar surface area (TPSA) is 83.6 Å². The second-order valence-electron chi connectivity index (χ2n) is 6.12. The van der Waals surface area contributed by atoms with E-state index in [0.717, 1.165) is 5.56 Å². The van der Waals surface area contributed by atoms with Gasteiger partial charge in [0, 0.05) is 18.7 Å². The van der Waals surface area contributed by atoms with Crippen molar-refractivity contribution >= 4 is 11.9 Å². The van der Waals surface area contributed by atoms with Gasteiger partial charge in [-0.1, -0.05) is 18.2 Å². The van der Waals surface area contributed by atoms with Crippen LogP contribution in [-0.4, -0.2) is 40.0 Å². The van der Waals surface area contributed by atoms with Crippen LogP contribution in [0.5, 0.6) is 0 Å². The minimum atomic E-state index is -0.861. The van der Waals surface area contributed by atoms with Crippen molar-refractivity contribution < 1.29 is 19.1 Å². The highest BCUT2D eigenvalue weighted by molar-refractivity contribution is 5.81. The highest BCUT2D eigenvalue weighted by Crippen LogP contribution is 2.30. The molecule has 1 saturated heterocycles. The zero-order valence-electron chi connectivity index (χ0n) is 12.9. The molecule has 23 heavy (non-hydrogen) atoms. The molecule has 2 heterocycles. The molecule has 0 spiro atoms. The maximum atomic E-state index is 12.3. The largest absolute Gasteiger partial charge is 0.481 e. The van der Waals surface area contributed by atoms with Gasteiger partial charge in [-0.05, 0) is 25.5 Å². The Balaban J connectivity index is 1.66. The van der Waals surface area contributed by atoms with E-state index in [2.05, 4.69) is 4.98 Å². The van der Waals surface area contributed by atoms with Crippen LogP contribution in [0.1, 0.15) is 19.0 Å². The third-order valence-corrected chi connectivity index (χ3v) is 4.25. The first-order chi connectivity index (χ1) is 11.0. The Morgan fingerprint density at radius 2 is 2.09 bits per heavy atom. The lowest BCUT2D eigenvalue weighted by Gasteiger charge is -2.19. The molecule has 1 fully saturated rings. The van der Waals surface area contributed by atoms with Crippen molar-refractivity contribution in [1.29, 1.82) is 0 Å². The zero-order chi connectivity index (χ0) is 16.4. The maximum Gasteiger partial charge on any atom is 0.311 e. The number of benzene rings is 1. The van der Waals surface area contributed by atoms with Gasteiger partial charge in [0.05, 0.1) is 17.5 Å². The van der Waals surface area contributed by atoms with Crippen LogP contribution in [0.2, 0.25) is 0 Å². The summed E-state index contributed by atoms with van der Waals surface area (Å²) >= 11 is 0. The number of carboxylic acid groups (broad SMARTS) is 1. The number of nitrogens with zero attached hydrogens (tertiary/aromatic N) is 2. The molecule has 1 aliphatic rings. The molecule has 1 aliphatic heterocycles. The molecule has 3 rings (SSSR count). The molecule has 0 bridgehead atoms. The van der Waals surface area contributed by atoms with Gasteiger partial charge < -0.3 is 14.4 Å². The van der Waals surface area contributed by atoms with Crippen molar-refractivity contribution in [3.63, 3.8) is 0 Å². The van der Waals surface area contributed by atoms with Crippen molar-refractivity contribution in [3.05, 3.63) is 42.3 Å². The molecule has 0 aliphatic carbocycles. The summed E-state index contributed by atoms with van der Waals surface area (Å²) in [5, 5.41) is 9.23. The molecular weight excluding hydrogens is 296 g/mol. The summed E-state index contributed by atoms with van der Waals surface area (Å²) in [4.78, 5) is 29.5. The normalized spacial score (nSPS) is 20.7. The average molecular weight is 314 g/mol. The molecule has 1 unspecified atom stereocenters. The number of rotatable bonds is 4. The second kappa shape index (κ2) is 5.87. The van der Waals surface area contributed by atoms with Crippen LogP contribution >= 0.6 is 0 Å². The number of hydrogen-bond acceptors (Lipinski definition) is 4. The summed E-state index contributed by atoms with van der Waals surface area (Å²) in [5.41, 5.74) is 0.554. The third-order valence-electron chi connectivity index (χ3n) is 4.25. The predicted octanol–water partition coefficient (Wildman–Crippen LogP) is 2.21. The van der Waals surface area contributed by atoms with E-state index in [-0.39, 0.29) is 18.9 Å². The van der Waals surface area contributed by atoms with Gasteiger partial charge in [-0.25, -0.2) is 4.98 Å². The standard InChI is InChI=1S/C17H18N2O4/c1-17(16(21)22)7-8-19(11-17)14(20)9-13-10-23-15(18-13)12-5-3-2-4-6-12/h2-6,10H,7-9,11H2,1H3,(H,21,22). The van der Waals surface area contributed by atoms with E-state index in [0.29, 0.717) is 24.6 Å². The molecule has 1 aromatic heterocycles. The summed E-state index contributed by atoms with van der Waals surface area (Å²) in [7, 11) is 0. The Morgan fingerprint density at radius 1 is 1.35 bits per heavy atom. The molecule has 1 amide bonds. The average Bonchev–Trinajstić information content (AvgIpc) is 3.16. The zero-order valence-corrected chi connectivity index (χ0v) is 12.9. The van der Waals surface area contributed by atoms with Crippen LogP contribution in [0, 0.1) is 5.41 Å². The van der Waals surface area contributed by atoms with Gasteiger partial charge in [-0.15, -0.1) is 0 Å². The highest BCUT2D eigenvalue weighted by atomic mass is 16.4. The predicted molar refractivity (Wildman–Crippen MR) is 82.6 cm³/mol. The number of carbonyl (C=O) groups is 2. The van der Waals surface area contributed by atoms with Gasteiger partial charge in [0.2, 0.25) is 11.8 Å². The molecule has 6 heteroatoms. The van der Waals surface area contributed by atoms with Crippen molar-refractivity contribution in [2.24, 2.45) is 5.41 Å². The van der Waals surface area contributed by atoms with Crippen LogP contribution in [0.15, 0.2) is 41.0 Å². The van der Waals surface area contributed by atoms with E-state index in [1.807, 2.05) is 30.3 Å². The summed E-state index contributed by atoms with van der Waals surface area (Å²) in [6.45, 7) is 2.38. The first-order valence-electron chi connectivity index (χ1n) is 7.49. The van der Waals surface area contributed by atoms with Crippen LogP contribution in [0.3, 0.4) is 0 Å². The van der Waals surface area contributed by atoms with E-state index in [1.54, 1.807) is 11.8 Å². The number of aliphatic carboxylic acids is 1. The van der Waals surface area contributed by atoms with Gasteiger partial charge in [0.25, 0.3) is 0 Å². The van der Waals surface area contributed by atoms with E-state index in [1.165, 1.54) is 6.26 Å². The second-order valence-corrected chi connectivity index (χ2v) is 6.12. The quantitative estimate of drug-likeness (QED) is 0.935. The van der Waals surface area contributed by atoms with Crippen LogP contribution in [-0.2, 0) is 16.0 Å². The molecule has 0 saturated carbocycles. The van der Waals surface area contributed by atoms with E-state index < -0.39 is 11.4 Å². The van der Waals surface area contributed by atoms with Crippen LogP contribution in [0.25, 0.3) is 11.5 Å². The Kier molecular flexibility index (Phi) is 3.90. The molecular formula is C17H18N2O4. The molecule has 0 radical (unpaired) electrons. The minimum absolute atomic E-state index is 0.117. The number of carboxylic acids is 1. The summed E-state index contributed by atoms with van der Waals surface area (Å²) in [6, 6.07) is 9.46. The fourth-order valence-corrected chi connectivity index (χ4v) is 2.72. The lowest BCUT2D eigenvalue weighted by molar-refractivity contribution is -0.147. The van der Waals surface area contributed by atoms with Gasteiger partial charge in [-0.2, -0.15) is 0 Å². The fraction of sp³-hybridized carbons (Fsp3) is 0.353. The monoisotopic (exact) mass is 314 g/mol. The summed E-state index contributed by atoms with van der Waals surface area (Å²) in [6.07, 6.45) is 2.07. The molecule has 120 valence electrons. The van der Waals surface area contributed by atoms with E-state index in [9.17, 15) is 14.7 Å². The molecule has 1 atom stereocenters. The van der Waals surface area contributed by atoms with Crippen molar-refractivity contribution in [1.82, 2.24) is 9.88 Å². The Hall–Kier alpha value is -2.63. The fourth-order valence-electron chi connectivity index (χ4n) is 2.72. The number of hydrogen-bond donors (Lipinski definition) is 1. The van der Waals surface area contributed by atoms with Gasteiger partial charge >= 0.3 is 5.97 Å². The minimum Gasteiger partial charge on any atom is -0.481 e. The summed E-state index contributed by atoms with van der Waals surface area (Å²) < 4.78 is 5.42. The number of amides is 1. The smallest absolute Gasteiger partial charge is 0.311 e. The van der Waals surface area contributed by atoms with Crippen LogP contribution < -0.4 is 0 Å². The molecule has 1 aromatic carbocycles. The number of oxazole rings is 1. The third kappa shape index (κ3) is 3.11. The van der Waals surface area contributed by atoms with Gasteiger partial charge in [-0.3, -0.25) is 9.59 Å².